The van der Waals surface area contributed by atoms with Gasteiger partial charge in [-0.15, -0.1) is 0 Å². The molecule has 2 heterocycles. The third kappa shape index (κ3) is 3.03. The summed E-state index contributed by atoms with van der Waals surface area (Å²) in [6, 6.07) is 7.40. The lowest BCUT2D eigenvalue weighted by Crippen LogP contribution is -2.04. The quantitative estimate of drug-likeness (QED) is 0.774. The Morgan fingerprint density at radius 3 is 2.70 bits per heavy atom. The molecule has 23 heavy (non-hydrogen) atoms. The van der Waals surface area contributed by atoms with E-state index in [1.54, 1.807) is 30.1 Å². The number of nitrogens with zero attached hydrogens (tertiary/aromatic N) is 3. The molecule has 6 nitrogen and oxygen atoms in total. The fourth-order valence-corrected chi connectivity index (χ4v) is 2.23. The number of aromatic carboxylic acids is 1. The molecule has 0 aliphatic carbocycles. The van der Waals surface area contributed by atoms with Gasteiger partial charge in [0.1, 0.15) is 5.82 Å². The number of nitrogens with one attached hydrogen (secondary N) is 1. The Kier molecular flexibility index (Phi) is 3.76. The second kappa shape index (κ2) is 5.88. The van der Waals surface area contributed by atoms with Gasteiger partial charge in [-0.1, -0.05) is 12.1 Å². The van der Waals surface area contributed by atoms with Crippen molar-refractivity contribution in [2.75, 3.05) is 5.32 Å². The predicted octanol–water partition coefficient (Wildman–Crippen LogP) is 3.06. The summed E-state index contributed by atoms with van der Waals surface area (Å²) in [7, 11) is 1.75. The van der Waals surface area contributed by atoms with E-state index in [9.17, 15) is 14.3 Å². The summed E-state index contributed by atoms with van der Waals surface area (Å²) in [5.41, 5.74) is 1.92. The van der Waals surface area contributed by atoms with Crippen molar-refractivity contribution in [2.45, 2.75) is 0 Å². The van der Waals surface area contributed by atoms with E-state index in [0.717, 1.165) is 11.1 Å². The summed E-state index contributed by atoms with van der Waals surface area (Å²) in [6.07, 6.45) is 4.60. The number of aryl methyl sites for hydroxylation is 1. The molecule has 0 atom stereocenters. The Labute approximate surface area is 131 Å². The summed E-state index contributed by atoms with van der Waals surface area (Å²) in [5, 5.41) is 16.5. The molecule has 3 aromatic rings. The minimum Gasteiger partial charge on any atom is -0.478 e. The molecule has 0 aliphatic heterocycles. The minimum atomic E-state index is -1.06. The number of hydrogen-bond acceptors (Lipinski definition) is 4. The third-order valence-electron chi connectivity index (χ3n) is 3.29. The number of anilines is 2. The molecule has 0 fully saturated rings. The maximum absolute atomic E-state index is 13.1. The molecular formula is C16H13FN4O2. The van der Waals surface area contributed by atoms with Crippen LogP contribution in [0.25, 0.3) is 11.1 Å². The summed E-state index contributed by atoms with van der Waals surface area (Å²) >= 11 is 0. The van der Waals surface area contributed by atoms with Crippen LogP contribution in [-0.4, -0.2) is 25.8 Å². The van der Waals surface area contributed by atoms with E-state index in [-0.39, 0.29) is 11.4 Å². The highest BCUT2D eigenvalue weighted by Gasteiger charge is 2.15. The van der Waals surface area contributed by atoms with Gasteiger partial charge >= 0.3 is 5.97 Å². The SMILES string of the molecule is Cn1cc(-c2ccc(F)cc2)c(Nc2cnccc2C(=O)O)n1. The van der Waals surface area contributed by atoms with E-state index >= 15 is 0 Å². The maximum Gasteiger partial charge on any atom is 0.337 e. The van der Waals surface area contributed by atoms with Crippen LogP contribution < -0.4 is 5.32 Å². The Hall–Kier alpha value is -3.22. The molecule has 1 aromatic carbocycles. The second-order valence-corrected chi connectivity index (χ2v) is 4.92. The Balaban J connectivity index is 2.02. The molecule has 2 aromatic heterocycles. The van der Waals surface area contributed by atoms with Crippen LogP contribution in [0.2, 0.25) is 0 Å². The largest absolute Gasteiger partial charge is 0.478 e. The lowest BCUT2D eigenvalue weighted by atomic mass is 10.1. The lowest BCUT2D eigenvalue weighted by molar-refractivity contribution is 0.0698. The van der Waals surface area contributed by atoms with Gasteiger partial charge in [-0.25, -0.2) is 9.18 Å². The van der Waals surface area contributed by atoms with Crippen molar-refractivity contribution in [2.24, 2.45) is 7.05 Å². The van der Waals surface area contributed by atoms with Gasteiger partial charge in [0.25, 0.3) is 0 Å². The van der Waals surface area contributed by atoms with Crippen LogP contribution >= 0.6 is 0 Å². The van der Waals surface area contributed by atoms with Crippen molar-refractivity contribution < 1.29 is 14.3 Å². The number of carboxylic acids is 1. The summed E-state index contributed by atoms with van der Waals surface area (Å²) < 4.78 is 14.7. The van der Waals surface area contributed by atoms with E-state index < -0.39 is 5.97 Å². The first kappa shape index (κ1) is 14.7. The van der Waals surface area contributed by atoms with Crippen LogP contribution in [0.5, 0.6) is 0 Å². The van der Waals surface area contributed by atoms with Crippen LogP contribution in [0, 0.1) is 5.82 Å². The molecule has 0 bridgehead atoms. The molecular weight excluding hydrogens is 299 g/mol. The normalized spacial score (nSPS) is 10.5. The molecule has 0 spiro atoms. The van der Waals surface area contributed by atoms with E-state index in [0.29, 0.717) is 11.5 Å². The highest BCUT2D eigenvalue weighted by Crippen LogP contribution is 2.30. The first-order valence-electron chi connectivity index (χ1n) is 6.78. The number of carboxylic acid groups (broad SMARTS) is 1. The molecule has 0 saturated heterocycles. The summed E-state index contributed by atoms with van der Waals surface area (Å²) in [5.74, 6) is -0.920. The number of pyridine rings is 1. The second-order valence-electron chi connectivity index (χ2n) is 4.92. The van der Waals surface area contributed by atoms with Gasteiger partial charge in [-0.3, -0.25) is 9.67 Å². The molecule has 7 heteroatoms. The van der Waals surface area contributed by atoms with Gasteiger partial charge in [0.15, 0.2) is 5.82 Å². The van der Waals surface area contributed by atoms with Crippen molar-refractivity contribution in [3.8, 4) is 11.1 Å². The summed E-state index contributed by atoms with van der Waals surface area (Å²) in [4.78, 5) is 15.2. The molecule has 116 valence electrons. The van der Waals surface area contributed by atoms with Crippen LogP contribution in [0.4, 0.5) is 15.9 Å². The fraction of sp³-hybridized carbons (Fsp3) is 0.0625. The van der Waals surface area contributed by atoms with Crippen LogP contribution in [0.1, 0.15) is 10.4 Å². The minimum absolute atomic E-state index is 0.0932. The number of halogens is 1. The van der Waals surface area contributed by atoms with E-state index in [4.69, 9.17) is 0 Å². The van der Waals surface area contributed by atoms with Crippen molar-refractivity contribution in [3.63, 3.8) is 0 Å². The van der Waals surface area contributed by atoms with Crippen molar-refractivity contribution in [1.82, 2.24) is 14.8 Å². The Bertz CT molecular complexity index is 859. The average molecular weight is 312 g/mol. The molecule has 2 N–H and O–H groups in total. The third-order valence-corrected chi connectivity index (χ3v) is 3.29. The lowest BCUT2D eigenvalue weighted by Gasteiger charge is -2.08. The van der Waals surface area contributed by atoms with Crippen LogP contribution in [0.3, 0.4) is 0 Å². The molecule has 0 unspecified atom stereocenters. The number of rotatable bonds is 4. The van der Waals surface area contributed by atoms with Gasteiger partial charge < -0.3 is 10.4 Å². The first-order valence-corrected chi connectivity index (χ1v) is 6.78. The van der Waals surface area contributed by atoms with Gasteiger partial charge in [0, 0.05) is 25.0 Å². The summed E-state index contributed by atoms with van der Waals surface area (Å²) in [6.45, 7) is 0. The molecule has 3 rings (SSSR count). The topological polar surface area (TPSA) is 80.0 Å². The van der Waals surface area contributed by atoms with E-state index in [1.807, 2.05) is 0 Å². The molecule has 0 amide bonds. The standard InChI is InChI=1S/C16H13FN4O2/c1-21-9-13(10-2-4-11(17)5-3-10)15(20-21)19-14-8-18-7-6-12(14)16(22)23/h2-9H,1H3,(H,19,20)(H,22,23). The highest BCUT2D eigenvalue weighted by molar-refractivity contribution is 5.95. The molecule has 0 radical (unpaired) electrons. The first-order chi connectivity index (χ1) is 11.0. The monoisotopic (exact) mass is 312 g/mol. The number of benzene rings is 1. The van der Waals surface area contributed by atoms with Gasteiger partial charge in [0.05, 0.1) is 17.4 Å². The van der Waals surface area contributed by atoms with Crippen molar-refractivity contribution >= 4 is 17.5 Å². The number of carbonyl (C=O) groups is 1. The maximum atomic E-state index is 13.1. The van der Waals surface area contributed by atoms with Gasteiger partial charge in [-0.05, 0) is 23.8 Å². The van der Waals surface area contributed by atoms with Gasteiger partial charge in [0.2, 0.25) is 0 Å². The Morgan fingerprint density at radius 2 is 2.00 bits per heavy atom. The zero-order valence-electron chi connectivity index (χ0n) is 12.2. The van der Waals surface area contributed by atoms with Crippen molar-refractivity contribution in [3.05, 3.63) is 60.3 Å². The Morgan fingerprint density at radius 1 is 1.26 bits per heavy atom. The fourth-order valence-electron chi connectivity index (χ4n) is 2.23. The number of aromatic nitrogens is 3. The molecule has 0 aliphatic rings. The van der Waals surface area contributed by atoms with Gasteiger partial charge in [-0.2, -0.15) is 5.10 Å². The van der Waals surface area contributed by atoms with Crippen LogP contribution in [-0.2, 0) is 7.05 Å². The molecule has 0 saturated carbocycles. The van der Waals surface area contributed by atoms with Crippen molar-refractivity contribution in [1.29, 1.82) is 0 Å². The van der Waals surface area contributed by atoms with E-state index in [2.05, 4.69) is 15.4 Å². The zero-order valence-corrected chi connectivity index (χ0v) is 12.2. The van der Waals surface area contributed by atoms with E-state index in [1.165, 1.54) is 30.6 Å². The zero-order chi connectivity index (χ0) is 16.4. The predicted molar refractivity (Wildman–Crippen MR) is 83.1 cm³/mol. The smallest absolute Gasteiger partial charge is 0.337 e. The number of hydrogen-bond donors (Lipinski definition) is 2. The average Bonchev–Trinajstić information content (AvgIpc) is 2.89. The van der Waals surface area contributed by atoms with Crippen LogP contribution in [0.15, 0.2) is 48.9 Å². The highest BCUT2D eigenvalue weighted by atomic mass is 19.1.